The molecule has 0 aliphatic rings. The van der Waals surface area contributed by atoms with Crippen LogP contribution in [0.3, 0.4) is 0 Å². The van der Waals surface area contributed by atoms with Crippen molar-refractivity contribution >= 4 is 52.9 Å². The first kappa shape index (κ1) is 38.5. The molecule has 0 radical (unpaired) electrons. The van der Waals surface area contributed by atoms with E-state index < -0.39 is 42.0 Å². The van der Waals surface area contributed by atoms with Crippen LogP contribution in [0.2, 0.25) is 0 Å². The zero-order valence-corrected chi connectivity index (χ0v) is 22.8. The molecule has 21 heteroatoms. The third-order valence-electron chi connectivity index (χ3n) is 2.94. The van der Waals surface area contributed by atoms with Crippen LogP contribution in [0, 0.1) is 0 Å². The van der Waals surface area contributed by atoms with Gasteiger partial charge in [0.15, 0.2) is 14.7 Å². The SMILES string of the molecule is O=S(=O)(O)F.O=S(=O)(O)F.O=S(=O)(O)F.O=S(=O)([O-])F.c1ccc([S+](c2ccccc2)c2ccccc2)cc1. The summed E-state index contributed by atoms with van der Waals surface area (Å²) in [7, 11) is -20.9. The van der Waals surface area contributed by atoms with Gasteiger partial charge in [-0.2, -0.15) is 25.3 Å². The van der Waals surface area contributed by atoms with Crippen LogP contribution in [-0.2, 0) is 52.9 Å². The molecule has 3 rings (SSSR count). The second kappa shape index (κ2) is 17.9. The summed E-state index contributed by atoms with van der Waals surface area (Å²) in [6, 6.07) is 32.2. The van der Waals surface area contributed by atoms with Crippen LogP contribution in [0.1, 0.15) is 0 Å². The van der Waals surface area contributed by atoms with Crippen molar-refractivity contribution in [3.8, 4) is 0 Å². The predicted molar refractivity (Wildman–Crippen MR) is 130 cm³/mol. The maximum atomic E-state index is 10.2. The lowest BCUT2D eigenvalue weighted by molar-refractivity contribution is 0.416. The molecule has 0 unspecified atom stereocenters. The van der Waals surface area contributed by atoms with Gasteiger partial charge in [0.2, 0.25) is 0 Å². The van der Waals surface area contributed by atoms with Crippen LogP contribution < -0.4 is 0 Å². The Hall–Kier alpha value is -2.63. The molecule has 0 atom stereocenters. The molecule has 12 nitrogen and oxygen atoms in total. The summed E-state index contributed by atoms with van der Waals surface area (Å²) >= 11 is 0. The van der Waals surface area contributed by atoms with E-state index in [9.17, 15) is 15.5 Å². The molecule has 0 aromatic heterocycles. The number of hydrogen-bond acceptors (Lipinski definition) is 9. The second-order valence-corrected chi connectivity index (χ2v) is 11.2. The van der Waals surface area contributed by atoms with Gasteiger partial charge < -0.3 is 4.55 Å². The Bertz CT molecular complexity index is 1280. The second-order valence-electron chi connectivity index (χ2n) is 5.87. The Morgan fingerprint density at radius 1 is 0.462 bits per heavy atom. The van der Waals surface area contributed by atoms with E-state index in [0.29, 0.717) is 0 Å². The molecule has 0 aliphatic carbocycles. The fourth-order valence-electron chi connectivity index (χ4n) is 2.08. The molecule has 0 aliphatic heterocycles. The summed E-state index contributed by atoms with van der Waals surface area (Å²) in [5.41, 5.74) is 0. The third kappa shape index (κ3) is 35.4. The topological polar surface area (TPSA) is 220 Å². The molecule has 220 valence electrons. The molecular weight excluding hydrogens is 645 g/mol. The molecule has 3 aromatic rings. The summed E-state index contributed by atoms with van der Waals surface area (Å²) in [6.07, 6.45) is 0. The maximum Gasteiger partial charge on any atom is 0.435 e. The van der Waals surface area contributed by atoms with Crippen molar-refractivity contribution in [1.29, 1.82) is 0 Å². The fourth-order valence-corrected chi connectivity index (χ4v) is 4.18. The lowest BCUT2D eigenvalue weighted by Crippen LogP contribution is -2.04. The number of rotatable bonds is 3. The Morgan fingerprint density at radius 3 is 0.718 bits per heavy atom. The highest BCUT2D eigenvalue weighted by molar-refractivity contribution is 7.97. The van der Waals surface area contributed by atoms with Crippen LogP contribution in [-0.4, -0.2) is 51.9 Å². The van der Waals surface area contributed by atoms with Gasteiger partial charge >= 0.3 is 31.5 Å². The lowest BCUT2D eigenvalue weighted by atomic mass is 10.4. The average molecular weight is 663 g/mol. The van der Waals surface area contributed by atoms with E-state index in [-0.39, 0.29) is 10.9 Å². The van der Waals surface area contributed by atoms with Crippen LogP contribution in [0.5, 0.6) is 0 Å². The highest BCUT2D eigenvalue weighted by Gasteiger charge is 2.27. The van der Waals surface area contributed by atoms with Gasteiger partial charge in [-0.15, -0.1) is 3.89 Å². The Morgan fingerprint density at radius 2 is 0.590 bits per heavy atom. The largest absolute Gasteiger partial charge is 0.722 e. The summed E-state index contributed by atoms with van der Waals surface area (Å²) in [4.78, 5) is 4.08. The van der Waals surface area contributed by atoms with Gasteiger partial charge in [-0.3, -0.25) is 13.7 Å². The number of hydrogen-bond donors (Lipinski definition) is 3. The van der Waals surface area contributed by atoms with Gasteiger partial charge in [0.25, 0.3) is 10.5 Å². The minimum Gasteiger partial charge on any atom is -0.722 e. The lowest BCUT2D eigenvalue weighted by Gasteiger charge is -2.07. The fraction of sp³-hybridized carbons (Fsp3) is 0. The molecule has 0 fully saturated rings. The molecular formula is C18H18F4O12S5. The Kier molecular flexibility index (Phi) is 17.6. The van der Waals surface area contributed by atoms with E-state index >= 15 is 0 Å². The first-order valence-corrected chi connectivity index (χ1v) is 15.6. The van der Waals surface area contributed by atoms with Gasteiger partial charge in [-0.25, -0.2) is 8.42 Å². The predicted octanol–water partition coefficient (Wildman–Crippen LogP) is 3.47. The van der Waals surface area contributed by atoms with Crippen molar-refractivity contribution in [2.24, 2.45) is 0 Å². The highest BCUT2D eigenvalue weighted by atomic mass is 32.3. The van der Waals surface area contributed by atoms with Crippen LogP contribution in [0.25, 0.3) is 0 Å². The molecule has 0 amide bonds. The first-order chi connectivity index (χ1) is 17.4. The average Bonchev–Trinajstić information content (AvgIpc) is 2.72. The molecule has 0 saturated heterocycles. The molecule has 0 bridgehead atoms. The van der Waals surface area contributed by atoms with Crippen molar-refractivity contribution in [3.05, 3.63) is 91.0 Å². The highest BCUT2D eigenvalue weighted by Crippen LogP contribution is 2.30. The molecule has 0 spiro atoms. The Labute approximate surface area is 225 Å². The van der Waals surface area contributed by atoms with Crippen LogP contribution in [0.15, 0.2) is 106 Å². The number of benzene rings is 3. The smallest absolute Gasteiger partial charge is 0.435 e. The van der Waals surface area contributed by atoms with E-state index in [1.807, 2.05) is 0 Å². The van der Waals surface area contributed by atoms with Crippen molar-refractivity contribution in [2.45, 2.75) is 14.7 Å². The van der Waals surface area contributed by atoms with E-state index in [0.717, 1.165) is 0 Å². The minimum atomic E-state index is -5.42. The standard InChI is InChI=1S/C18H15S.4FHO3S/c1-4-10-16(11-5-1)19(17-12-6-2-7-13-17)18-14-8-3-9-15-18;4*1-5(2,3)4/h1-15H;4*(H,2,3,4)/q+1;;;;/p-1. The van der Waals surface area contributed by atoms with Gasteiger partial charge in [0.05, 0.1) is 10.9 Å². The zero-order valence-electron chi connectivity index (χ0n) is 18.7. The van der Waals surface area contributed by atoms with Crippen molar-refractivity contribution < 1.29 is 67.4 Å². The van der Waals surface area contributed by atoms with Gasteiger partial charge in [0, 0.05) is 0 Å². The summed E-state index contributed by atoms with van der Waals surface area (Å²) in [5, 5.41) is 0. The van der Waals surface area contributed by atoms with E-state index in [1.54, 1.807) is 0 Å². The quantitative estimate of drug-likeness (QED) is 0.159. The minimum absolute atomic E-state index is 0.0146. The molecule has 0 heterocycles. The van der Waals surface area contributed by atoms with Crippen LogP contribution in [0.4, 0.5) is 15.5 Å². The van der Waals surface area contributed by atoms with Crippen molar-refractivity contribution in [2.75, 3.05) is 0 Å². The Balaban J connectivity index is 0. The monoisotopic (exact) mass is 662 g/mol. The van der Waals surface area contributed by atoms with Gasteiger partial charge in [-0.05, 0) is 36.4 Å². The first-order valence-electron chi connectivity index (χ1n) is 9.01. The van der Waals surface area contributed by atoms with Gasteiger partial charge in [-0.1, -0.05) is 66.3 Å². The summed E-state index contributed by atoms with van der Waals surface area (Å²) < 4.78 is 138. The van der Waals surface area contributed by atoms with Crippen molar-refractivity contribution in [3.63, 3.8) is 0 Å². The zero-order chi connectivity index (χ0) is 30.9. The third-order valence-corrected chi connectivity index (χ3v) is 5.17. The number of halogens is 4. The van der Waals surface area contributed by atoms with Crippen molar-refractivity contribution in [1.82, 2.24) is 0 Å². The normalized spacial score (nSPS) is 11.1. The van der Waals surface area contributed by atoms with E-state index in [4.69, 9.17) is 51.9 Å². The maximum absolute atomic E-state index is 10.2. The molecule has 3 N–H and O–H groups in total. The van der Waals surface area contributed by atoms with Gasteiger partial charge in [0.1, 0.15) is 0 Å². The summed E-state index contributed by atoms with van der Waals surface area (Å²) in [5.74, 6) is 0. The molecule has 39 heavy (non-hydrogen) atoms. The van der Waals surface area contributed by atoms with E-state index in [2.05, 4.69) is 91.0 Å². The van der Waals surface area contributed by atoms with Crippen LogP contribution >= 0.6 is 0 Å². The molecule has 0 saturated carbocycles. The van der Waals surface area contributed by atoms with E-state index in [1.165, 1.54) is 14.7 Å². The molecule has 3 aromatic carbocycles. The summed E-state index contributed by atoms with van der Waals surface area (Å²) in [6.45, 7) is 0.